The van der Waals surface area contributed by atoms with Crippen molar-refractivity contribution in [1.82, 2.24) is 5.32 Å². The summed E-state index contributed by atoms with van der Waals surface area (Å²) >= 11 is 3.39. The van der Waals surface area contributed by atoms with Crippen LogP contribution in [0, 0.1) is 15.5 Å². The van der Waals surface area contributed by atoms with E-state index >= 15 is 0 Å². The highest BCUT2D eigenvalue weighted by Gasteiger charge is 2.19. The Morgan fingerprint density at radius 1 is 1.45 bits per heavy atom. The van der Waals surface area contributed by atoms with Crippen molar-refractivity contribution in [3.63, 3.8) is 0 Å². The first-order valence-electron chi connectivity index (χ1n) is 6.44. The van der Waals surface area contributed by atoms with Crippen LogP contribution in [-0.4, -0.2) is 22.7 Å². The number of rotatable bonds is 7. The number of amides is 1. The third-order valence-corrected chi connectivity index (χ3v) is 3.59. The molecule has 1 N–H and O–H groups in total. The van der Waals surface area contributed by atoms with Crippen LogP contribution in [0.1, 0.15) is 37.0 Å². The van der Waals surface area contributed by atoms with Crippen molar-refractivity contribution in [2.24, 2.45) is 5.41 Å². The lowest BCUT2D eigenvalue weighted by Gasteiger charge is -2.24. The number of benzene rings is 1. The molecular formula is C14H19BrN2O3. The first-order valence-corrected chi connectivity index (χ1v) is 7.56. The van der Waals surface area contributed by atoms with E-state index in [2.05, 4.69) is 35.1 Å². The molecule has 0 bridgehead atoms. The minimum atomic E-state index is -0.503. The average Bonchev–Trinajstić information content (AvgIpc) is 2.43. The highest BCUT2D eigenvalue weighted by molar-refractivity contribution is 9.09. The van der Waals surface area contributed by atoms with Crippen LogP contribution in [0.25, 0.3) is 0 Å². The zero-order chi connectivity index (χ0) is 15.2. The van der Waals surface area contributed by atoms with Crippen LogP contribution in [0.5, 0.6) is 0 Å². The number of halogens is 1. The third-order valence-electron chi connectivity index (χ3n) is 3.03. The molecular weight excluding hydrogens is 324 g/mol. The molecule has 1 aromatic rings. The second kappa shape index (κ2) is 7.38. The van der Waals surface area contributed by atoms with Gasteiger partial charge in [-0.05, 0) is 24.3 Å². The van der Waals surface area contributed by atoms with Crippen LogP contribution in [0.15, 0.2) is 24.3 Å². The average molecular weight is 343 g/mol. The molecule has 1 rings (SSSR count). The number of hydrogen-bond acceptors (Lipinski definition) is 3. The van der Waals surface area contributed by atoms with E-state index in [-0.39, 0.29) is 17.0 Å². The molecule has 0 spiro atoms. The fraction of sp³-hybridized carbons (Fsp3) is 0.500. The van der Waals surface area contributed by atoms with Gasteiger partial charge in [0.25, 0.3) is 11.6 Å². The number of nitro benzene ring substituents is 1. The van der Waals surface area contributed by atoms with Gasteiger partial charge in [-0.3, -0.25) is 14.9 Å². The molecule has 0 aliphatic carbocycles. The molecule has 1 aromatic carbocycles. The van der Waals surface area contributed by atoms with E-state index in [4.69, 9.17) is 0 Å². The fourth-order valence-electron chi connectivity index (χ4n) is 1.82. The monoisotopic (exact) mass is 342 g/mol. The van der Waals surface area contributed by atoms with E-state index in [1.165, 1.54) is 18.2 Å². The normalized spacial score (nSPS) is 11.2. The molecule has 0 atom stereocenters. The summed E-state index contributed by atoms with van der Waals surface area (Å²) in [7, 11) is 0. The van der Waals surface area contributed by atoms with E-state index in [0.29, 0.717) is 12.1 Å². The predicted octanol–water partition coefficient (Wildman–Crippen LogP) is 3.53. The summed E-state index contributed by atoms with van der Waals surface area (Å²) in [5, 5.41) is 14.5. The molecule has 0 radical (unpaired) electrons. The maximum atomic E-state index is 12.0. The van der Waals surface area contributed by atoms with Crippen molar-refractivity contribution in [2.45, 2.75) is 26.7 Å². The summed E-state index contributed by atoms with van der Waals surface area (Å²) in [6.07, 6.45) is 2.03. The van der Waals surface area contributed by atoms with Gasteiger partial charge in [-0.15, -0.1) is 0 Å². The van der Waals surface area contributed by atoms with Crippen LogP contribution in [0.2, 0.25) is 0 Å². The molecule has 0 saturated carbocycles. The Morgan fingerprint density at radius 3 is 2.75 bits per heavy atom. The first kappa shape index (κ1) is 16.6. The van der Waals surface area contributed by atoms with Crippen LogP contribution >= 0.6 is 15.9 Å². The van der Waals surface area contributed by atoms with Crippen molar-refractivity contribution < 1.29 is 9.72 Å². The minimum Gasteiger partial charge on any atom is -0.351 e. The fourth-order valence-corrected chi connectivity index (χ4v) is 2.10. The van der Waals surface area contributed by atoms with Gasteiger partial charge >= 0.3 is 0 Å². The second-order valence-electron chi connectivity index (χ2n) is 5.45. The van der Waals surface area contributed by atoms with Gasteiger partial charge in [-0.25, -0.2) is 0 Å². The molecule has 5 nitrogen and oxygen atoms in total. The van der Waals surface area contributed by atoms with Crippen LogP contribution in [0.3, 0.4) is 0 Å². The number of carbonyl (C=O) groups excluding carboxylic acids is 1. The van der Waals surface area contributed by atoms with Crippen LogP contribution < -0.4 is 5.32 Å². The van der Waals surface area contributed by atoms with E-state index in [0.717, 1.165) is 18.2 Å². The molecule has 0 aliphatic rings. The van der Waals surface area contributed by atoms with Crippen molar-refractivity contribution in [1.29, 1.82) is 0 Å². The van der Waals surface area contributed by atoms with E-state index in [9.17, 15) is 14.9 Å². The van der Waals surface area contributed by atoms with Gasteiger partial charge in [0.2, 0.25) is 0 Å². The number of carbonyl (C=O) groups is 1. The van der Waals surface area contributed by atoms with E-state index in [1.807, 2.05) is 0 Å². The van der Waals surface area contributed by atoms with Gasteiger partial charge in [-0.2, -0.15) is 0 Å². The zero-order valence-corrected chi connectivity index (χ0v) is 13.3. The topological polar surface area (TPSA) is 72.2 Å². The quantitative estimate of drug-likeness (QED) is 0.468. The molecule has 0 heterocycles. The number of nitro groups is 1. The van der Waals surface area contributed by atoms with Crippen molar-refractivity contribution in [2.75, 3.05) is 11.9 Å². The predicted molar refractivity (Wildman–Crippen MR) is 82.2 cm³/mol. The van der Waals surface area contributed by atoms with E-state index < -0.39 is 4.92 Å². The van der Waals surface area contributed by atoms with Gasteiger partial charge in [0.05, 0.1) is 4.92 Å². The lowest BCUT2D eigenvalue weighted by molar-refractivity contribution is -0.384. The van der Waals surface area contributed by atoms with Gasteiger partial charge < -0.3 is 5.32 Å². The summed E-state index contributed by atoms with van der Waals surface area (Å²) in [6, 6.07) is 5.76. The van der Waals surface area contributed by atoms with Gasteiger partial charge in [-0.1, -0.05) is 35.8 Å². The van der Waals surface area contributed by atoms with Gasteiger partial charge in [0, 0.05) is 29.6 Å². The van der Waals surface area contributed by atoms with Crippen LogP contribution in [-0.2, 0) is 0 Å². The van der Waals surface area contributed by atoms with Crippen molar-refractivity contribution >= 4 is 27.5 Å². The van der Waals surface area contributed by atoms with Gasteiger partial charge in [0.15, 0.2) is 0 Å². The summed E-state index contributed by atoms with van der Waals surface area (Å²) < 4.78 is 0. The van der Waals surface area contributed by atoms with Crippen molar-refractivity contribution in [3.8, 4) is 0 Å². The number of nitrogens with zero attached hydrogens (tertiary/aromatic N) is 1. The molecule has 20 heavy (non-hydrogen) atoms. The Balaban J connectivity index is 2.63. The molecule has 0 unspecified atom stereocenters. The maximum absolute atomic E-state index is 12.0. The molecule has 1 amide bonds. The Morgan fingerprint density at radius 2 is 2.15 bits per heavy atom. The molecule has 0 fully saturated rings. The van der Waals surface area contributed by atoms with E-state index in [1.54, 1.807) is 6.07 Å². The minimum absolute atomic E-state index is 0.00411. The SMILES string of the molecule is CC(C)(CCCBr)CNC(=O)c1cccc([N+](=O)[O-])c1. The third kappa shape index (κ3) is 5.28. The number of nitrogens with one attached hydrogen (secondary N) is 1. The molecule has 0 saturated heterocycles. The second-order valence-corrected chi connectivity index (χ2v) is 6.24. The molecule has 110 valence electrons. The zero-order valence-electron chi connectivity index (χ0n) is 11.7. The smallest absolute Gasteiger partial charge is 0.270 e. The largest absolute Gasteiger partial charge is 0.351 e. The Hall–Kier alpha value is -1.43. The maximum Gasteiger partial charge on any atom is 0.270 e. The van der Waals surface area contributed by atoms with Gasteiger partial charge in [0.1, 0.15) is 0 Å². The Kier molecular flexibility index (Phi) is 6.13. The first-order chi connectivity index (χ1) is 9.35. The summed E-state index contributed by atoms with van der Waals surface area (Å²) in [6.45, 7) is 4.72. The summed E-state index contributed by atoms with van der Waals surface area (Å²) in [5.74, 6) is -0.277. The number of hydrogen-bond donors (Lipinski definition) is 1. The number of non-ortho nitro benzene ring substituents is 1. The summed E-state index contributed by atoms with van der Waals surface area (Å²) in [4.78, 5) is 22.2. The highest BCUT2D eigenvalue weighted by Crippen LogP contribution is 2.22. The number of alkyl halides is 1. The highest BCUT2D eigenvalue weighted by atomic mass is 79.9. The Bertz CT molecular complexity index is 489. The molecule has 0 aliphatic heterocycles. The van der Waals surface area contributed by atoms with Crippen molar-refractivity contribution in [3.05, 3.63) is 39.9 Å². The summed E-state index contributed by atoms with van der Waals surface area (Å²) in [5.41, 5.74) is 0.246. The Labute approximate surface area is 127 Å². The standard InChI is InChI=1S/C14H19BrN2O3/c1-14(2,7-4-8-15)10-16-13(18)11-5-3-6-12(9-11)17(19)20/h3,5-6,9H,4,7-8,10H2,1-2H3,(H,16,18). The molecule has 6 heteroatoms. The lowest BCUT2D eigenvalue weighted by atomic mass is 9.88. The molecule has 0 aromatic heterocycles. The van der Waals surface area contributed by atoms with Crippen LogP contribution in [0.4, 0.5) is 5.69 Å². The lowest BCUT2D eigenvalue weighted by Crippen LogP contribution is -2.34.